The van der Waals surface area contributed by atoms with E-state index in [1.807, 2.05) is 13.0 Å². The molecular weight excluding hydrogens is 470 g/mol. The quantitative estimate of drug-likeness (QED) is 0.302. The Balaban J connectivity index is 1.44. The molecule has 1 saturated heterocycles. The number of ether oxygens (including phenoxy) is 1. The van der Waals surface area contributed by atoms with Crippen LogP contribution in [0.15, 0.2) is 48.7 Å². The second kappa shape index (κ2) is 12.5. The lowest BCUT2D eigenvalue weighted by molar-refractivity contribution is -0.139. The minimum absolute atomic E-state index is 0.0987. The standard InChI is InChI=1S/C24H29N5O7/c1-15-5-7-16(8-6-15)22(31)28-19(23(32)33)12-27-21(30)14-36-18-10-17(29(13-18)24(34)35)11-26-20-4-2-3-9-25-20/h2-9,17-19H,10-14H2,1H3,(H,25,26)(H,27,30)(H,28,31)(H,32,33)(H,34,35). The smallest absolute Gasteiger partial charge is 0.407 e. The first-order valence-electron chi connectivity index (χ1n) is 11.4. The van der Waals surface area contributed by atoms with E-state index in [-0.39, 0.29) is 25.7 Å². The summed E-state index contributed by atoms with van der Waals surface area (Å²) in [5.41, 5.74) is 1.26. The molecule has 0 radical (unpaired) electrons. The Hall–Kier alpha value is -4.19. The Kier molecular flexibility index (Phi) is 9.17. The van der Waals surface area contributed by atoms with Crippen molar-refractivity contribution in [1.29, 1.82) is 0 Å². The molecule has 2 aromatic rings. The maximum atomic E-state index is 12.3. The van der Waals surface area contributed by atoms with Crippen molar-refractivity contribution in [2.24, 2.45) is 0 Å². The van der Waals surface area contributed by atoms with E-state index in [0.29, 0.717) is 24.3 Å². The summed E-state index contributed by atoms with van der Waals surface area (Å²) in [6.07, 6.45) is 0.411. The number of benzene rings is 1. The minimum Gasteiger partial charge on any atom is -0.480 e. The van der Waals surface area contributed by atoms with Gasteiger partial charge < -0.3 is 35.8 Å². The summed E-state index contributed by atoms with van der Waals surface area (Å²) in [7, 11) is 0. The van der Waals surface area contributed by atoms with Crippen LogP contribution in [0, 0.1) is 6.92 Å². The van der Waals surface area contributed by atoms with E-state index in [9.17, 15) is 29.4 Å². The van der Waals surface area contributed by atoms with Gasteiger partial charge in [-0.2, -0.15) is 0 Å². The van der Waals surface area contributed by atoms with Crippen molar-refractivity contribution in [3.05, 3.63) is 59.8 Å². The highest BCUT2D eigenvalue weighted by Gasteiger charge is 2.36. The Morgan fingerprint density at radius 3 is 2.53 bits per heavy atom. The number of aromatic nitrogens is 1. The number of rotatable bonds is 11. The molecule has 1 aromatic carbocycles. The summed E-state index contributed by atoms with van der Waals surface area (Å²) in [5.74, 6) is -1.83. The first kappa shape index (κ1) is 26.4. The number of nitrogens with one attached hydrogen (secondary N) is 3. The van der Waals surface area contributed by atoms with Gasteiger partial charge >= 0.3 is 12.1 Å². The second-order valence-corrected chi connectivity index (χ2v) is 8.39. The number of carboxylic acid groups (broad SMARTS) is 2. The van der Waals surface area contributed by atoms with Crippen LogP contribution in [-0.4, -0.2) is 88.4 Å². The zero-order valence-electron chi connectivity index (χ0n) is 19.7. The minimum atomic E-state index is -1.33. The number of hydrogen-bond acceptors (Lipinski definition) is 7. The predicted molar refractivity (Wildman–Crippen MR) is 129 cm³/mol. The molecule has 0 aliphatic carbocycles. The van der Waals surface area contributed by atoms with E-state index < -0.39 is 36.0 Å². The lowest BCUT2D eigenvalue weighted by Gasteiger charge is -2.21. The zero-order chi connectivity index (χ0) is 26.1. The predicted octanol–water partition coefficient (Wildman–Crippen LogP) is 0.939. The Morgan fingerprint density at radius 1 is 1.14 bits per heavy atom. The highest BCUT2D eigenvalue weighted by atomic mass is 16.5. The van der Waals surface area contributed by atoms with Crippen LogP contribution in [0.25, 0.3) is 0 Å². The van der Waals surface area contributed by atoms with Crippen molar-refractivity contribution in [2.45, 2.75) is 31.5 Å². The van der Waals surface area contributed by atoms with Gasteiger partial charge in [0.1, 0.15) is 18.5 Å². The van der Waals surface area contributed by atoms with Crippen LogP contribution in [0.3, 0.4) is 0 Å². The Morgan fingerprint density at radius 2 is 1.89 bits per heavy atom. The molecule has 3 amide bonds. The number of aryl methyl sites for hydroxylation is 1. The maximum Gasteiger partial charge on any atom is 0.407 e. The van der Waals surface area contributed by atoms with Gasteiger partial charge in [-0.15, -0.1) is 0 Å². The van der Waals surface area contributed by atoms with E-state index in [1.165, 1.54) is 4.90 Å². The molecule has 1 aliphatic heterocycles. The molecule has 5 N–H and O–H groups in total. The van der Waals surface area contributed by atoms with Gasteiger partial charge in [0, 0.05) is 24.8 Å². The van der Waals surface area contributed by atoms with Crippen LogP contribution in [-0.2, 0) is 14.3 Å². The van der Waals surface area contributed by atoms with Crippen LogP contribution in [0.1, 0.15) is 22.3 Å². The monoisotopic (exact) mass is 499 g/mol. The average molecular weight is 500 g/mol. The number of amides is 3. The number of carbonyl (C=O) groups is 4. The maximum absolute atomic E-state index is 12.3. The Labute approximate surface area is 207 Å². The number of pyridine rings is 1. The number of aliphatic carboxylic acids is 1. The molecular formula is C24H29N5O7. The lowest BCUT2D eigenvalue weighted by Crippen LogP contribution is -2.49. The van der Waals surface area contributed by atoms with E-state index >= 15 is 0 Å². The summed E-state index contributed by atoms with van der Waals surface area (Å²) in [4.78, 5) is 53.1. The molecule has 12 heteroatoms. The van der Waals surface area contributed by atoms with Gasteiger partial charge in [0.25, 0.3) is 5.91 Å². The summed E-state index contributed by atoms with van der Waals surface area (Å²) in [5, 5.41) is 26.8. The summed E-state index contributed by atoms with van der Waals surface area (Å²) in [6.45, 7) is 1.58. The molecule has 0 spiro atoms. The normalized spacial score (nSPS) is 17.8. The fourth-order valence-electron chi connectivity index (χ4n) is 3.72. The first-order valence-corrected chi connectivity index (χ1v) is 11.4. The number of carbonyl (C=O) groups excluding carboxylic acids is 2. The third-order valence-corrected chi connectivity index (χ3v) is 5.68. The summed E-state index contributed by atoms with van der Waals surface area (Å²) in [6, 6.07) is 10.3. The van der Waals surface area contributed by atoms with Crippen molar-refractivity contribution < 1.29 is 34.1 Å². The van der Waals surface area contributed by atoms with Crippen molar-refractivity contribution in [2.75, 3.05) is 31.6 Å². The van der Waals surface area contributed by atoms with Crippen molar-refractivity contribution >= 4 is 29.7 Å². The first-order chi connectivity index (χ1) is 17.2. The average Bonchev–Trinajstić information content (AvgIpc) is 3.28. The number of hydrogen-bond donors (Lipinski definition) is 5. The number of anilines is 1. The molecule has 2 heterocycles. The van der Waals surface area contributed by atoms with E-state index in [0.717, 1.165) is 5.56 Å². The van der Waals surface area contributed by atoms with E-state index in [1.54, 1.807) is 42.6 Å². The molecule has 0 saturated carbocycles. The molecule has 1 aliphatic rings. The van der Waals surface area contributed by atoms with Crippen molar-refractivity contribution in [3.8, 4) is 0 Å². The van der Waals surface area contributed by atoms with E-state index in [4.69, 9.17) is 4.74 Å². The molecule has 1 fully saturated rings. The summed E-state index contributed by atoms with van der Waals surface area (Å²) < 4.78 is 5.59. The summed E-state index contributed by atoms with van der Waals surface area (Å²) >= 11 is 0. The van der Waals surface area contributed by atoms with Crippen LogP contribution in [0.2, 0.25) is 0 Å². The third-order valence-electron chi connectivity index (χ3n) is 5.68. The fourth-order valence-corrected chi connectivity index (χ4v) is 3.72. The topological polar surface area (TPSA) is 170 Å². The van der Waals surface area contributed by atoms with Gasteiger partial charge in [0.05, 0.1) is 18.7 Å². The van der Waals surface area contributed by atoms with Gasteiger partial charge in [0.2, 0.25) is 5.91 Å². The van der Waals surface area contributed by atoms with Crippen LogP contribution in [0.4, 0.5) is 10.6 Å². The largest absolute Gasteiger partial charge is 0.480 e. The molecule has 1 aromatic heterocycles. The van der Waals surface area contributed by atoms with Crippen LogP contribution >= 0.6 is 0 Å². The van der Waals surface area contributed by atoms with Gasteiger partial charge in [-0.05, 0) is 37.6 Å². The molecule has 3 unspecified atom stereocenters. The van der Waals surface area contributed by atoms with Crippen LogP contribution < -0.4 is 16.0 Å². The van der Waals surface area contributed by atoms with Crippen molar-refractivity contribution in [1.82, 2.24) is 20.5 Å². The molecule has 0 bridgehead atoms. The van der Waals surface area contributed by atoms with Gasteiger partial charge in [-0.25, -0.2) is 14.6 Å². The van der Waals surface area contributed by atoms with Gasteiger partial charge in [0.15, 0.2) is 0 Å². The van der Waals surface area contributed by atoms with Crippen LogP contribution in [0.5, 0.6) is 0 Å². The van der Waals surface area contributed by atoms with Gasteiger partial charge in [-0.1, -0.05) is 23.8 Å². The number of likely N-dealkylation sites (tertiary alicyclic amines) is 1. The lowest BCUT2D eigenvalue weighted by atomic mass is 10.1. The van der Waals surface area contributed by atoms with Gasteiger partial charge in [-0.3, -0.25) is 9.59 Å². The molecule has 36 heavy (non-hydrogen) atoms. The molecule has 3 rings (SSSR count). The molecule has 192 valence electrons. The molecule has 12 nitrogen and oxygen atoms in total. The fraction of sp³-hybridized carbons (Fsp3) is 0.375. The highest BCUT2D eigenvalue weighted by Crippen LogP contribution is 2.21. The molecule has 3 atom stereocenters. The Bertz CT molecular complexity index is 1060. The van der Waals surface area contributed by atoms with E-state index in [2.05, 4.69) is 20.9 Å². The zero-order valence-corrected chi connectivity index (χ0v) is 19.7. The SMILES string of the molecule is Cc1ccc(C(=O)NC(CNC(=O)COC2CC(CNc3ccccn3)N(C(=O)O)C2)C(=O)O)cc1. The number of carboxylic acids is 1. The van der Waals surface area contributed by atoms with Crippen molar-refractivity contribution in [3.63, 3.8) is 0 Å². The number of nitrogens with zero attached hydrogens (tertiary/aromatic N) is 2. The highest BCUT2D eigenvalue weighted by molar-refractivity contribution is 5.96. The third kappa shape index (κ3) is 7.67. The second-order valence-electron chi connectivity index (χ2n) is 8.39.